The molecule has 3 rings (SSSR count). The van der Waals surface area contributed by atoms with Gasteiger partial charge in [-0.2, -0.15) is 0 Å². The number of hydrogen-bond acceptors (Lipinski definition) is 4. The van der Waals surface area contributed by atoms with Crippen molar-refractivity contribution in [2.24, 2.45) is 4.99 Å². The van der Waals surface area contributed by atoms with E-state index in [4.69, 9.17) is 0 Å². The fourth-order valence-electron chi connectivity index (χ4n) is 2.96. The smallest absolute Gasteiger partial charge is 0.242 e. The largest absolute Gasteiger partial charge is 0.363 e. The summed E-state index contributed by atoms with van der Waals surface area (Å²) in [7, 11) is 5.70. The van der Waals surface area contributed by atoms with Crippen molar-refractivity contribution >= 4 is 17.7 Å². The van der Waals surface area contributed by atoms with E-state index in [1.165, 1.54) is 0 Å². The van der Waals surface area contributed by atoms with Crippen LogP contribution in [-0.2, 0) is 11.3 Å². The van der Waals surface area contributed by atoms with Crippen molar-refractivity contribution in [3.8, 4) is 0 Å². The second-order valence-corrected chi connectivity index (χ2v) is 6.52. The molecule has 0 bridgehead atoms. The Bertz CT molecular complexity index is 625. The summed E-state index contributed by atoms with van der Waals surface area (Å²) in [5.41, 5.74) is 0.949. The molecule has 1 saturated carbocycles. The molecule has 0 aromatic carbocycles. The maximum Gasteiger partial charge on any atom is 0.242 e. The van der Waals surface area contributed by atoms with Gasteiger partial charge in [-0.1, -0.05) is 6.07 Å². The van der Waals surface area contributed by atoms with E-state index in [2.05, 4.69) is 15.3 Å². The van der Waals surface area contributed by atoms with Gasteiger partial charge in [0.25, 0.3) is 0 Å². The first-order valence-corrected chi connectivity index (χ1v) is 8.47. The van der Waals surface area contributed by atoms with Gasteiger partial charge in [-0.3, -0.25) is 9.79 Å². The molecule has 0 radical (unpaired) electrons. The minimum Gasteiger partial charge on any atom is -0.363 e. The fourth-order valence-corrected chi connectivity index (χ4v) is 2.96. The van der Waals surface area contributed by atoms with E-state index >= 15 is 0 Å². The van der Waals surface area contributed by atoms with Crippen LogP contribution in [-0.4, -0.2) is 73.5 Å². The summed E-state index contributed by atoms with van der Waals surface area (Å²) in [6.07, 6.45) is 2.32. The first-order valence-electron chi connectivity index (χ1n) is 8.47. The fraction of sp³-hybridized carbons (Fsp3) is 0.588. The molecule has 1 aromatic rings. The van der Waals surface area contributed by atoms with Gasteiger partial charge < -0.3 is 20.0 Å². The molecular weight excluding hydrogens is 304 g/mol. The molecule has 7 heteroatoms. The molecule has 1 aliphatic carbocycles. The maximum absolute atomic E-state index is 12.3. The molecule has 1 saturated heterocycles. The van der Waals surface area contributed by atoms with Crippen LogP contribution < -0.4 is 10.2 Å². The van der Waals surface area contributed by atoms with Crippen LogP contribution in [0.3, 0.4) is 0 Å². The van der Waals surface area contributed by atoms with Crippen molar-refractivity contribution in [1.82, 2.24) is 20.1 Å². The van der Waals surface area contributed by atoms with E-state index in [9.17, 15) is 4.79 Å². The Morgan fingerprint density at radius 1 is 1.38 bits per heavy atom. The maximum atomic E-state index is 12.3. The molecule has 2 fully saturated rings. The summed E-state index contributed by atoms with van der Waals surface area (Å²) in [6.45, 7) is 2.61. The lowest BCUT2D eigenvalue weighted by Crippen LogP contribution is -2.55. The Morgan fingerprint density at radius 3 is 2.79 bits per heavy atom. The average molecular weight is 330 g/mol. The van der Waals surface area contributed by atoms with Gasteiger partial charge in [0.2, 0.25) is 5.91 Å². The highest BCUT2D eigenvalue weighted by molar-refractivity contribution is 5.87. The van der Waals surface area contributed by atoms with Crippen molar-refractivity contribution in [3.63, 3.8) is 0 Å². The number of hydrogen-bond donors (Lipinski definition) is 1. The zero-order valence-electron chi connectivity index (χ0n) is 14.7. The molecule has 0 spiro atoms. The van der Waals surface area contributed by atoms with E-state index in [1.54, 1.807) is 7.05 Å². The van der Waals surface area contributed by atoms with Crippen LogP contribution in [0.2, 0.25) is 0 Å². The molecule has 0 unspecified atom stereocenters. The van der Waals surface area contributed by atoms with Crippen molar-refractivity contribution in [2.75, 3.05) is 45.7 Å². The molecule has 0 atom stereocenters. The number of carbonyl (C=O) groups excluding carboxylic acids is 1. The van der Waals surface area contributed by atoms with E-state index in [-0.39, 0.29) is 5.91 Å². The van der Waals surface area contributed by atoms with Crippen LogP contribution in [0.1, 0.15) is 18.5 Å². The van der Waals surface area contributed by atoms with E-state index in [1.807, 2.05) is 47.0 Å². The molecule has 2 heterocycles. The summed E-state index contributed by atoms with van der Waals surface area (Å²) in [5, 5.41) is 3.33. The monoisotopic (exact) mass is 330 g/mol. The number of rotatable bonds is 4. The van der Waals surface area contributed by atoms with Gasteiger partial charge in [-0.15, -0.1) is 0 Å². The number of piperazine rings is 1. The van der Waals surface area contributed by atoms with Crippen LogP contribution in [0, 0.1) is 0 Å². The second-order valence-electron chi connectivity index (χ2n) is 6.52. The number of pyridine rings is 1. The van der Waals surface area contributed by atoms with Gasteiger partial charge >= 0.3 is 0 Å². The topological polar surface area (TPSA) is 64.1 Å². The van der Waals surface area contributed by atoms with Crippen LogP contribution in [0.5, 0.6) is 0 Å². The van der Waals surface area contributed by atoms with E-state index in [0.717, 1.165) is 43.4 Å². The van der Waals surface area contributed by atoms with Crippen LogP contribution >= 0.6 is 0 Å². The number of aromatic nitrogens is 1. The third-order valence-corrected chi connectivity index (χ3v) is 4.43. The van der Waals surface area contributed by atoms with Crippen molar-refractivity contribution in [3.05, 3.63) is 23.9 Å². The van der Waals surface area contributed by atoms with Gasteiger partial charge in [0.15, 0.2) is 5.96 Å². The average Bonchev–Trinajstić information content (AvgIpc) is 3.40. The summed E-state index contributed by atoms with van der Waals surface area (Å²) >= 11 is 0. The number of nitrogens with one attached hydrogen (secondary N) is 1. The zero-order chi connectivity index (χ0) is 17.1. The van der Waals surface area contributed by atoms with Gasteiger partial charge in [0.1, 0.15) is 5.82 Å². The number of carbonyl (C=O) groups is 1. The molecule has 130 valence electrons. The molecule has 1 aliphatic heterocycles. The second kappa shape index (κ2) is 7.07. The van der Waals surface area contributed by atoms with E-state index < -0.39 is 0 Å². The van der Waals surface area contributed by atoms with Gasteiger partial charge in [0, 0.05) is 40.3 Å². The summed E-state index contributed by atoms with van der Waals surface area (Å²) < 4.78 is 0. The van der Waals surface area contributed by atoms with Crippen LogP contribution in [0.25, 0.3) is 0 Å². The minimum absolute atomic E-state index is 0.208. The number of guanidine groups is 1. The number of nitrogens with zero attached hydrogens (tertiary/aromatic N) is 5. The highest BCUT2D eigenvalue weighted by atomic mass is 16.2. The predicted octanol–water partition coefficient (Wildman–Crippen LogP) is 0.530. The molecule has 7 nitrogen and oxygen atoms in total. The molecule has 2 aliphatic rings. The quantitative estimate of drug-likeness (QED) is 0.644. The lowest BCUT2D eigenvalue weighted by Gasteiger charge is -2.36. The highest BCUT2D eigenvalue weighted by Gasteiger charge is 2.36. The molecule has 1 aromatic heterocycles. The normalized spacial score (nSPS) is 18.8. The number of anilines is 1. The lowest BCUT2D eigenvalue weighted by atomic mass is 10.3. The van der Waals surface area contributed by atoms with Gasteiger partial charge in [-0.05, 0) is 25.0 Å². The SMILES string of the molecule is CN=C(NCc1cccc(N(C)C)n1)N1CCN(C2CC2)C(=O)C1. The van der Waals surface area contributed by atoms with E-state index in [0.29, 0.717) is 19.1 Å². The Morgan fingerprint density at radius 2 is 2.17 bits per heavy atom. The highest BCUT2D eigenvalue weighted by Crippen LogP contribution is 2.28. The molecular formula is C17H26N6O. The molecule has 24 heavy (non-hydrogen) atoms. The Balaban J connectivity index is 1.57. The summed E-state index contributed by atoms with van der Waals surface area (Å²) in [4.78, 5) is 27.2. The van der Waals surface area contributed by atoms with Crippen molar-refractivity contribution in [2.45, 2.75) is 25.4 Å². The standard InChI is InChI=1S/C17H26N6O/c1-18-17(19-11-13-5-4-6-15(20-13)21(2)3)22-9-10-23(14-7-8-14)16(24)12-22/h4-6,14H,7-12H2,1-3H3,(H,18,19). The zero-order valence-corrected chi connectivity index (χ0v) is 14.7. The van der Waals surface area contributed by atoms with Crippen LogP contribution in [0.15, 0.2) is 23.2 Å². The Hall–Kier alpha value is -2.31. The van der Waals surface area contributed by atoms with Gasteiger partial charge in [-0.25, -0.2) is 4.98 Å². The summed E-state index contributed by atoms with van der Waals surface area (Å²) in [5.74, 6) is 1.90. The lowest BCUT2D eigenvalue weighted by molar-refractivity contribution is -0.135. The number of aliphatic imine (C=N–C) groups is 1. The Labute approximate surface area is 143 Å². The first kappa shape index (κ1) is 16.5. The first-order chi connectivity index (χ1) is 11.6. The predicted molar refractivity (Wildman–Crippen MR) is 95.1 cm³/mol. The molecule has 1 amide bonds. The third-order valence-electron chi connectivity index (χ3n) is 4.43. The van der Waals surface area contributed by atoms with Crippen molar-refractivity contribution in [1.29, 1.82) is 0 Å². The number of amides is 1. The molecule has 1 N–H and O–H groups in total. The Kier molecular flexibility index (Phi) is 4.87. The summed E-state index contributed by atoms with van der Waals surface area (Å²) in [6, 6.07) is 6.46. The minimum atomic E-state index is 0.208. The third kappa shape index (κ3) is 3.77. The van der Waals surface area contributed by atoms with Crippen LogP contribution in [0.4, 0.5) is 5.82 Å². The van der Waals surface area contributed by atoms with Gasteiger partial charge in [0.05, 0.1) is 18.8 Å². The van der Waals surface area contributed by atoms with Crippen molar-refractivity contribution < 1.29 is 4.79 Å².